The van der Waals surface area contributed by atoms with Gasteiger partial charge in [-0.2, -0.15) is 0 Å². The van der Waals surface area contributed by atoms with Crippen LogP contribution in [0.5, 0.6) is 17.2 Å². The van der Waals surface area contributed by atoms with Crippen molar-refractivity contribution in [2.24, 2.45) is 0 Å². The van der Waals surface area contributed by atoms with Crippen molar-refractivity contribution < 1.29 is 19.2 Å². The van der Waals surface area contributed by atoms with Gasteiger partial charge in [-0.1, -0.05) is 23.2 Å². The smallest absolute Gasteiger partial charge is 0.296 e. The van der Waals surface area contributed by atoms with E-state index in [1.54, 1.807) is 12.1 Å². The van der Waals surface area contributed by atoms with Crippen molar-refractivity contribution in [3.63, 3.8) is 0 Å². The Bertz CT molecular complexity index is 811. The second-order valence-electron chi connectivity index (χ2n) is 4.64. The van der Waals surface area contributed by atoms with Crippen LogP contribution in [0.2, 0.25) is 10.0 Å². The van der Waals surface area contributed by atoms with Gasteiger partial charge in [0.25, 0.3) is 5.69 Å². The molecule has 0 fully saturated rings. The summed E-state index contributed by atoms with van der Waals surface area (Å²) in [5, 5.41) is 14.2. The van der Waals surface area contributed by atoms with E-state index in [4.69, 9.17) is 32.7 Å². The molecule has 0 unspecified atom stereocenters. The maximum atomic E-state index is 11.3. The highest BCUT2D eigenvalue weighted by Gasteiger charge is 2.21. The first-order chi connectivity index (χ1) is 11.3. The van der Waals surface area contributed by atoms with E-state index in [-0.39, 0.29) is 27.9 Å². The number of ether oxygens (including phenoxy) is 2. The number of nitrogens with one attached hydrogen (secondary N) is 1. The Morgan fingerprint density at radius 3 is 2.42 bits per heavy atom. The van der Waals surface area contributed by atoms with Crippen LogP contribution in [-0.4, -0.2) is 17.9 Å². The summed E-state index contributed by atoms with van der Waals surface area (Å²) in [4.78, 5) is 21.8. The first-order valence-corrected chi connectivity index (χ1v) is 7.34. The Hall–Kier alpha value is -2.51. The molecule has 126 valence electrons. The number of benzene rings is 2. The third-order valence-corrected chi connectivity index (χ3v) is 3.65. The molecule has 0 spiro atoms. The van der Waals surface area contributed by atoms with E-state index in [9.17, 15) is 14.9 Å². The van der Waals surface area contributed by atoms with Crippen LogP contribution in [0.4, 0.5) is 11.4 Å². The predicted molar refractivity (Wildman–Crippen MR) is 90.5 cm³/mol. The molecule has 7 nitrogen and oxygen atoms in total. The van der Waals surface area contributed by atoms with E-state index < -0.39 is 10.8 Å². The number of methoxy groups -OCH3 is 1. The van der Waals surface area contributed by atoms with Gasteiger partial charge in [0.1, 0.15) is 11.4 Å². The maximum absolute atomic E-state index is 11.3. The average molecular weight is 371 g/mol. The molecule has 0 aliphatic carbocycles. The standard InChI is InChI=1S/C15H12Cl2N2O5/c1-8(20)18-12-6-15(14(23-2)7-13(12)19(21)22)24-9-3-4-10(16)11(17)5-9/h3-7H,1-2H3,(H,18,20). The summed E-state index contributed by atoms with van der Waals surface area (Å²) in [6.45, 7) is 1.24. The van der Waals surface area contributed by atoms with Gasteiger partial charge in [0, 0.05) is 19.1 Å². The quantitative estimate of drug-likeness (QED) is 0.610. The molecule has 0 bridgehead atoms. The topological polar surface area (TPSA) is 90.7 Å². The fourth-order valence-electron chi connectivity index (χ4n) is 1.90. The predicted octanol–water partition coefficient (Wildman–Crippen LogP) is 4.66. The van der Waals surface area contributed by atoms with E-state index in [1.807, 2.05) is 0 Å². The molecule has 0 saturated heterocycles. The van der Waals surface area contributed by atoms with E-state index >= 15 is 0 Å². The van der Waals surface area contributed by atoms with Crippen molar-refractivity contribution in [1.82, 2.24) is 0 Å². The SMILES string of the molecule is COc1cc([N+](=O)[O-])c(NC(C)=O)cc1Oc1ccc(Cl)c(Cl)c1. The fourth-order valence-corrected chi connectivity index (χ4v) is 2.18. The van der Waals surface area contributed by atoms with Crippen LogP contribution < -0.4 is 14.8 Å². The van der Waals surface area contributed by atoms with E-state index in [1.165, 1.54) is 26.2 Å². The number of halogens is 2. The Morgan fingerprint density at radius 1 is 1.17 bits per heavy atom. The first kappa shape index (κ1) is 17.8. The summed E-state index contributed by atoms with van der Waals surface area (Å²) in [6.07, 6.45) is 0. The molecule has 0 aliphatic heterocycles. The van der Waals surface area contributed by atoms with Crippen LogP contribution in [0.25, 0.3) is 0 Å². The lowest BCUT2D eigenvalue weighted by Gasteiger charge is -2.13. The van der Waals surface area contributed by atoms with Crippen LogP contribution >= 0.6 is 23.2 Å². The molecule has 0 radical (unpaired) electrons. The molecule has 1 amide bonds. The van der Waals surface area contributed by atoms with Crippen LogP contribution in [0.3, 0.4) is 0 Å². The van der Waals surface area contributed by atoms with Gasteiger partial charge in [-0.3, -0.25) is 14.9 Å². The van der Waals surface area contributed by atoms with Crippen LogP contribution in [-0.2, 0) is 4.79 Å². The number of hydrogen-bond donors (Lipinski definition) is 1. The third-order valence-electron chi connectivity index (χ3n) is 2.91. The monoisotopic (exact) mass is 370 g/mol. The average Bonchev–Trinajstić information content (AvgIpc) is 2.50. The van der Waals surface area contributed by atoms with Gasteiger partial charge >= 0.3 is 0 Å². The van der Waals surface area contributed by atoms with Crippen LogP contribution in [0, 0.1) is 10.1 Å². The molecule has 0 aliphatic rings. The number of nitro benzene ring substituents is 1. The molecule has 0 heterocycles. The van der Waals surface area contributed by atoms with Crippen LogP contribution in [0.1, 0.15) is 6.92 Å². The molecule has 9 heteroatoms. The van der Waals surface area contributed by atoms with Crippen molar-refractivity contribution in [2.45, 2.75) is 6.92 Å². The minimum atomic E-state index is -0.628. The van der Waals surface area contributed by atoms with Crippen molar-refractivity contribution in [3.8, 4) is 17.2 Å². The van der Waals surface area contributed by atoms with Crippen molar-refractivity contribution in [3.05, 3.63) is 50.5 Å². The zero-order chi connectivity index (χ0) is 17.9. The summed E-state index contributed by atoms with van der Waals surface area (Å²) >= 11 is 11.8. The van der Waals surface area contributed by atoms with E-state index in [0.29, 0.717) is 10.8 Å². The van der Waals surface area contributed by atoms with Gasteiger partial charge in [-0.25, -0.2) is 0 Å². The summed E-state index contributed by atoms with van der Waals surface area (Å²) in [5.74, 6) is 0.196. The van der Waals surface area contributed by atoms with Gasteiger partial charge in [-0.15, -0.1) is 0 Å². The van der Waals surface area contributed by atoms with Gasteiger partial charge in [0.2, 0.25) is 5.91 Å². The number of rotatable bonds is 5. The highest BCUT2D eigenvalue weighted by Crippen LogP contribution is 2.40. The molecule has 0 saturated carbocycles. The minimum Gasteiger partial charge on any atom is -0.493 e. The summed E-state index contributed by atoms with van der Waals surface area (Å²) in [6, 6.07) is 7.08. The Kier molecular flexibility index (Phi) is 5.48. The minimum absolute atomic E-state index is 0.0108. The lowest BCUT2D eigenvalue weighted by Crippen LogP contribution is -2.08. The summed E-state index contributed by atoms with van der Waals surface area (Å²) < 4.78 is 10.8. The maximum Gasteiger partial charge on any atom is 0.296 e. The third kappa shape index (κ3) is 4.06. The highest BCUT2D eigenvalue weighted by molar-refractivity contribution is 6.42. The Balaban J connectivity index is 2.49. The first-order valence-electron chi connectivity index (χ1n) is 6.58. The Labute approximate surface area is 147 Å². The molecule has 24 heavy (non-hydrogen) atoms. The van der Waals surface area contributed by atoms with Gasteiger partial charge in [-0.05, 0) is 12.1 Å². The molecular formula is C15H12Cl2N2O5. The normalized spacial score (nSPS) is 10.2. The van der Waals surface area contributed by atoms with E-state index in [2.05, 4.69) is 5.32 Å². The second kappa shape index (κ2) is 7.37. The number of amides is 1. The molecule has 0 atom stereocenters. The lowest BCUT2D eigenvalue weighted by atomic mass is 10.2. The van der Waals surface area contributed by atoms with Gasteiger partial charge in [0.15, 0.2) is 11.5 Å². The molecule has 2 aromatic carbocycles. The lowest BCUT2D eigenvalue weighted by molar-refractivity contribution is -0.384. The van der Waals surface area contributed by atoms with E-state index in [0.717, 1.165) is 6.07 Å². The van der Waals surface area contributed by atoms with Gasteiger partial charge < -0.3 is 14.8 Å². The van der Waals surface area contributed by atoms with Crippen molar-refractivity contribution in [2.75, 3.05) is 12.4 Å². The van der Waals surface area contributed by atoms with Gasteiger partial charge in [0.05, 0.1) is 28.1 Å². The van der Waals surface area contributed by atoms with Crippen molar-refractivity contribution in [1.29, 1.82) is 0 Å². The molecular weight excluding hydrogens is 359 g/mol. The number of hydrogen-bond acceptors (Lipinski definition) is 5. The summed E-state index contributed by atoms with van der Waals surface area (Å²) in [5.41, 5.74) is -0.327. The number of anilines is 1. The zero-order valence-electron chi connectivity index (χ0n) is 12.6. The van der Waals surface area contributed by atoms with Crippen molar-refractivity contribution >= 4 is 40.5 Å². The molecule has 0 aromatic heterocycles. The van der Waals surface area contributed by atoms with Crippen LogP contribution in [0.15, 0.2) is 30.3 Å². The molecule has 1 N–H and O–H groups in total. The number of carbonyl (C=O) groups excluding carboxylic acids is 1. The highest BCUT2D eigenvalue weighted by atomic mass is 35.5. The summed E-state index contributed by atoms with van der Waals surface area (Å²) in [7, 11) is 1.35. The Morgan fingerprint density at radius 2 is 1.88 bits per heavy atom. The molecule has 2 rings (SSSR count). The largest absolute Gasteiger partial charge is 0.493 e. The number of nitrogens with zero attached hydrogens (tertiary/aromatic N) is 1. The second-order valence-corrected chi connectivity index (χ2v) is 5.45. The number of nitro groups is 1. The number of carbonyl (C=O) groups is 1. The zero-order valence-corrected chi connectivity index (χ0v) is 14.1. The molecule has 2 aromatic rings. The fraction of sp³-hybridized carbons (Fsp3) is 0.133.